The molecule has 0 aliphatic carbocycles. The Morgan fingerprint density at radius 2 is 1.56 bits per heavy atom. The zero-order chi connectivity index (χ0) is 38.5. The van der Waals surface area contributed by atoms with E-state index in [1.807, 2.05) is 41.4 Å². The lowest BCUT2D eigenvalue weighted by Gasteiger charge is -2.32. The van der Waals surface area contributed by atoms with E-state index >= 15 is 0 Å². The molecule has 3 amide bonds. The number of thiazole rings is 1. The Morgan fingerprint density at radius 1 is 0.926 bits per heavy atom. The van der Waals surface area contributed by atoms with Crippen molar-refractivity contribution in [2.24, 2.45) is 11.5 Å². The molecule has 1 saturated heterocycles. The van der Waals surface area contributed by atoms with Crippen molar-refractivity contribution >= 4 is 74.8 Å². The number of carbonyl (C=O) groups excluding carboxylic acids is 3. The Morgan fingerprint density at radius 3 is 2.19 bits per heavy atom. The first-order chi connectivity index (χ1) is 26.0. The normalized spacial score (nSPS) is 14.0. The van der Waals surface area contributed by atoms with Gasteiger partial charge >= 0.3 is 0 Å². The van der Waals surface area contributed by atoms with Gasteiger partial charge in [0.2, 0.25) is 23.7 Å². The van der Waals surface area contributed by atoms with E-state index in [0.717, 1.165) is 60.3 Å². The molecule has 1 fully saturated rings. The van der Waals surface area contributed by atoms with Crippen LogP contribution in [0.25, 0.3) is 22.1 Å². The van der Waals surface area contributed by atoms with E-state index < -0.39 is 11.8 Å². The fourth-order valence-corrected chi connectivity index (χ4v) is 8.15. The average molecular weight is 774 g/mol. The molecule has 3 aromatic heterocycles. The van der Waals surface area contributed by atoms with Crippen molar-refractivity contribution in [2.45, 2.75) is 44.7 Å². The third-order valence-electron chi connectivity index (χ3n) is 9.41. The number of anilines is 2. The first-order valence-corrected chi connectivity index (χ1v) is 19.9. The van der Waals surface area contributed by atoms with Crippen molar-refractivity contribution < 1.29 is 19.1 Å². The van der Waals surface area contributed by atoms with Gasteiger partial charge in [-0.25, -0.2) is 15.0 Å². The molecule has 6 N–H and O–H groups in total. The van der Waals surface area contributed by atoms with Crippen LogP contribution < -0.4 is 26.8 Å². The number of rotatable bonds is 16. The van der Waals surface area contributed by atoms with E-state index in [1.165, 1.54) is 23.1 Å². The molecule has 2 aromatic carbocycles. The number of amides is 3. The molecular weight excluding hydrogens is 727 g/mol. The zero-order valence-electron chi connectivity index (χ0n) is 31.3. The molecule has 1 aliphatic heterocycles. The Labute approximate surface area is 322 Å². The van der Waals surface area contributed by atoms with Crippen LogP contribution in [0, 0.1) is 6.92 Å². The summed E-state index contributed by atoms with van der Waals surface area (Å²) < 4.78 is 10.3. The third kappa shape index (κ3) is 8.38. The molecule has 15 nitrogen and oxygen atoms in total. The Balaban J connectivity index is 1.34. The lowest BCUT2D eigenvalue weighted by atomic mass is 10.1. The maximum absolute atomic E-state index is 13.7. The quantitative estimate of drug-likeness (QED) is 0.0639. The van der Waals surface area contributed by atoms with Gasteiger partial charge in [0.15, 0.2) is 0 Å². The van der Waals surface area contributed by atoms with Gasteiger partial charge in [-0.05, 0) is 57.3 Å². The first-order valence-electron chi connectivity index (χ1n) is 17.9. The van der Waals surface area contributed by atoms with Gasteiger partial charge in [0, 0.05) is 68.9 Å². The largest absolute Gasteiger partial charge is 0.491 e. The van der Waals surface area contributed by atoms with Gasteiger partial charge in [0.05, 0.1) is 33.9 Å². The van der Waals surface area contributed by atoms with Crippen molar-refractivity contribution in [2.75, 3.05) is 70.3 Å². The number of fused-ring (bicyclic) bond motifs is 2. The number of benzene rings is 2. The monoisotopic (exact) mass is 773 g/mol. The van der Waals surface area contributed by atoms with Gasteiger partial charge in [0.25, 0.3) is 5.91 Å². The summed E-state index contributed by atoms with van der Waals surface area (Å²) in [6.07, 6.45) is 7.33. The van der Waals surface area contributed by atoms with E-state index in [-0.39, 0.29) is 11.5 Å². The first kappa shape index (κ1) is 38.7. The summed E-state index contributed by atoms with van der Waals surface area (Å²) in [5.41, 5.74) is 15.4. The van der Waals surface area contributed by atoms with E-state index in [9.17, 15) is 14.4 Å². The number of primary amides is 2. The van der Waals surface area contributed by atoms with Crippen LogP contribution in [0.15, 0.2) is 41.3 Å². The van der Waals surface area contributed by atoms with Crippen LogP contribution in [0.5, 0.6) is 5.75 Å². The number of imidazole rings is 2. The van der Waals surface area contributed by atoms with Crippen molar-refractivity contribution in [3.05, 3.63) is 63.1 Å². The number of nitrogens with zero attached hydrogens (tertiary/aromatic N) is 7. The van der Waals surface area contributed by atoms with Gasteiger partial charge in [-0.3, -0.25) is 19.7 Å². The number of piperazine rings is 1. The number of ether oxygens (including phenoxy) is 1. The Kier molecular flexibility index (Phi) is 12.2. The molecule has 0 spiro atoms. The molecular formula is C37H47N11O4S2. The summed E-state index contributed by atoms with van der Waals surface area (Å²) in [6.45, 7) is 10.0. The molecule has 0 radical (unpaired) electrons. The standard InChI is InChI=1S/C37H47N11O4S2/c1-6-25-32(54-22(2)41-25)35(51)44-37-43-26-18-23(33(38)49)20-28(52-17-9-10-46-15-13-45(4)14-16-46)30(26)47(37)11-7-8-12-48-31-27(42-36(48)40-3)19-24(34(39)50)21-29(31)53-5/h7-8,18-21H,6,9-17H2,1-5H3,(H2,38,49)(H2,39,50)(H,40,42)(H,43,44,51)/b8-7+. The van der Waals surface area contributed by atoms with Gasteiger partial charge in [-0.2, -0.15) is 0 Å². The predicted molar refractivity (Wildman–Crippen MR) is 215 cm³/mol. The van der Waals surface area contributed by atoms with Crippen molar-refractivity contribution in [1.82, 2.24) is 33.9 Å². The minimum absolute atomic E-state index is 0.261. The number of allylic oxidation sites excluding steroid dienone is 2. The predicted octanol–water partition coefficient (Wildman–Crippen LogP) is 4.20. The summed E-state index contributed by atoms with van der Waals surface area (Å²) in [7, 11) is 3.93. The van der Waals surface area contributed by atoms with Crippen molar-refractivity contribution in [1.29, 1.82) is 0 Å². The van der Waals surface area contributed by atoms with Crippen LogP contribution in [0.1, 0.15) is 54.4 Å². The number of hydrogen-bond donors (Lipinski definition) is 4. The maximum Gasteiger partial charge on any atom is 0.269 e. The van der Waals surface area contributed by atoms with Crippen LogP contribution in [0.2, 0.25) is 0 Å². The molecule has 6 rings (SSSR count). The van der Waals surface area contributed by atoms with Gasteiger partial charge < -0.3 is 40.5 Å². The Hall–Kier alpha value is -4.97. The minimum Gasteiger partial charge on any atom is -0.491 e. The van der Waals surface area contributed by atoms with Crippen molar-refractivity contribution in [3.8, 4) is 5.75 Å². The van der Waals surface area contributed by atoms with E-state index in [0.29, 0.717) is 70.8 Å². The van der Waals surface area contributed by atoms with E-state index in [2.05, 4.69) is 32.5 Å². The third-order valence-corrected chi connectivity index (χ3v) is 11.2. The van der Waals surface area contributed by atoms with E-state index in [1.54, 1.807) is 31.3 Å². The second kappa shape index (κ2) is 17.0. The number of likely N-dealkylation sites (N-methyl/N-ethyl adjacent to an activating group) is 1. The molecule has 0 unspecified atom stereocenters. The lowest BCUT2D eigenvalue weighted by Crippen LogP contribution is -2.44. The number of nitrogens with one attached hydrogen (secondary N) is 2. The highest BCUT2D eigenvalue weighted by Gasteiger charge is 2.23. The van der Waals surface area contributed by atoms with Crippen LogP contribution >= 0.6 is 23.1 Å². The SMILES string of the molecule is CCc1nc(C)sc1C(=O)Nc1nc2cc(C(N)=O)cc(OCCCN3CCN(C)CC3)c2n1C/C=C/Cn1c(NC)nc2cc(C(N)=O)cc(SC)c21. The number of thioether (sulfide) groups is 1. The molecule has 5 aromatic rings. The van der Waals surface area contributed by atoms with Gasteiger partial charge in [-0.1, -0.05) is 19.1 Å². The van der Waals surface area contributed by atoms with Crippen LogP contribution in [0.3, 0.4) is 0 Å². The van der Waals surface area contributed by atoms with Gasteiger partial charge in [0.1, 0.15) is 16.1 Å². The van der Waals surface area contributed by atoms with Crippen LogP contribution in [-0.2, 0) is 19.5 Å². The average Bonchev–Trinajstić information content (AvgIpc) is 3.84. The zero-order valence-corrected chi connectivity index (χ0v) is 32.9. The summed E-state index contributed by atoms with van der Waals surface area (Å²) in [4.78, 5) is 58.4. The molecule has 17 heteroatoms. The van der Waals surface area contributed by atoms with Gasteiger partial charge in [-0.15, -0.1) is 23.1 Å². The highest BCUT2D eigenvalue weighted by Crippen LogP contribution is 2.33. The van der Waals surface area contributed by atoms with E-state index in [4.69, 9.17) is 26.2 Å². The fourth-order valence-electron chi connectivity index (χ4n) is 6.60. The highest BCUT2D eigenvalue weighted by atomic mass is 32.2. The molecule has 286 valence electrons. The number of aryl methyl sites for hydroxylation is 2. The Bertz CT molecular complexity index is 2220. The second-order valence-corrected chi connectivity index (χ2v) is 15.1. The smallest absolute Gasteiger partial charge is 0.269 e. The number of hydrogen-bond acceptors (Lipinski definition) is 12. The summed E-state index contributed by atoms with van der Waals surface area (Å²) >= 11 is 2.84. The molecule has 4 heterocycles. The molecule has 0 saturated carbocycles. The molecule has 1 aliphatic rings. The highest BCUT2D eigenvalue weighted by molar-refractivity contribution is 7.98. The van der Waals surface area contributed by atoms with Crippen molar-refractivity contribution in [3.63, 3.8) is 0 Å². The molecule has 0 atom stereocenters. The summed E-state index contributed by atoms with van der Waals surface area (Å²) in [5, 5.41) is 6.98. The fraction of sp³-hybridized carbons (Fsp3) is 0.405. The number of carbonyl (C=O) groups is 3. The number of nitrogens with two attached hydrogens (primary N) is 2. The second-order valence-electron chi connectivity index (χ2n) is 13.1. The molecule has 0 bridgehead atoms. The number of aromatic nitrogens is 5. The minimum atomic E-state index is -0.604. The summed E-state index contributed by atoms with van der Waals surface area (Å²) in [5.74, 6) is -0.0499. The van der Waals surface area contributed by atoms with Crippen LogP contribution in [0.4, 0.5) is 11.9 Å². The summed E-state index contributed by atoms with van der Waals surface area (Å²) in [6, 6.07) is 6.76. The topological polar surface area (TPSA) is 192 Å². The lowest BCUT2D eigenvalue weighted by molar-refractivity contribution is 0.0991. The van der Waals surface area contributed by atoms with Crippen LogP contribution in [-0.4, -0.2) is 111 Å². The maximum atomic E-state index is 13.7. The molecule has 54 heavy (non-hydrogen) atoms.